The fourth-order valence-corrected chi connectivity index (χ4v) is 4.16. The van der Waals surface area contributed by atoms with Crippen molar-refractivity contribution in [2.24, 2.45) is 0 Å². The van der Waals surface area contributed by atoms with Crippen LogP contribution in [0.3, 0.4) is 0 Å². The standard InChI is InChI=1S/C29H28O6/c1-29(2)13-12-25-26(35-29)11-8-21-16-22(19-33-28(21)25)24-10-9-23(17-27(24)31-14-15-34-30)32-18-20-6-4-3-5-7-20/h3-13,16-17,30H,14-15,18-19H2,1-2H3. The second-order valence-corrected chi connectivity index (χ2v) is 9.01. The van der Waals surface area contributed by atoms with E-state index in [1.807, 2.05) is 80.6 Å². The quantitative estimate of drug-likeness (QED) is 0.237. The molecule has 35 heavy (non-hydrogen) atoms. The molecule has 0 aromatic heterocycles. The van der Waals surface area contributed by atoms with E-state index in [1.165, 1.54) is 0 Å². The fourth-order valence-electron chi connectivity index (χ4n) is 4.16. The van der Waals surface area contributed by atoms with Crippen molar-refractivity contribution in [3.05, 3.63) is 89.0 Å². The van der Waals surface area contributed by atoms with Crippen molar-refractivity contribution in [1.29, 1.82) is 0 Å². The summed E-state index contributed by atoms with van der Waals surface area (Å²) in [7, 11) is 0. The van der Waals surface area contributed by atoms with Crippen LogP contribution in [0.25, 0.3) is 17.7 Å². The Morgan fingerprint density at radius 2 is 1.83 bits per heavy atom. The van der Waals surface area contributed by atoms with Gasteiger partial charge in [0.05, 0.1) is 5.56 Å². The lowest BCUT2D eigenvalue weighted by atomic mass is 9.95. The van der Waals surface area contributed by atoms with Crippen molar-refractivity contribution >= 4 is 17.7 Å². The molecule has 0 radical (unpaired) electrons. The maximum atomic E-state index is 8.71. The van der Waals surface area contributed by atoms with E-state index in [4.69, 9.17) is 24.2 Å². The molecule has 2 aliphatic heterocycles. The fraction of sp³-hybridized carbons (Fsp3) is 0.241. The number of rotatable bonds is 8. The maximum absolute atomic E-state index is 8.71. The molecule has 0 bridgehead atoms. The summed E-state index contributed by atoms with van der Waals surface area (Å²) < 4.78 is 24.2. The summed E-state index contributed by atoms with van der Waals surface area (Å²) in [4.78, 5) is 4.18. The third-order valence-corrected chi connectivity index (χ3v) is 5.89. The van der Waals surface area contributed by atoms with Crippen molar-refractivity contribution in [1.82, 2.24) is 0 Å². The van der Waals surface area contributed by atoms with Gasteiger partial charge in [-0.3, -0.25) is 5.26 Å². The van der Waals surface area contributed by atoms with Crippen LogP contribution < -0.4 is 18.9 Å². The first-order valence-corrected chi connectivity index (χ1v) is 11.6. The zero-order chi connectivity index (χ0) is 24.3. The lowest BCUT2D eigenvalue weighted by Gasteiger charge is -2.30. The molecule has 0 unspecified atom stereocenters. The van der Waals surface area contributed by atoms with Crippen LogP contribution in [0.4, 0.5) is 0 Å². The van der Waals surface area contributed by atoms with Gasteiger partial charge < -0.3 is 18.9 Å². The first-order chi connectivity index (χ1) is 17.0. The first-order valence-electron chi connectivity index (χ1n) is 11.6. The number of hydrogen-bond acceptors (Lipinski definition) is 6. The van der Waals surface area contributed by atoms with Gasteiger partial charge in [-0.2, -0.15) is 0 Å². The Balaban J connectivity index is 1.43. The van der Waals surface area contributed by atoms with E-state index in [2.05, 4.69) is 17.0 Å². The van der Waals surface area contributed by atoms with Gasteiger partial charge in [-0.25, -0.2) is 4.89 Å². The molecule has 6 heteroatoms. The molecule has 5 rings (SSSR count). The molecule has 0 spiro atoms. The van der Waals surface area contributed by atoms with Crippen molar-refractivity contribution in [3.63, 3.8) is 0 Å². The molecule has 0 amide bonds. The summed E-state index contributed by atoms with van der Waals surface area (Å²) in [5.41, 5.74) is 4.55. The molecule has 180 valence electrons. The predicted octanol–water partition coefficient (Wildman–Crippen LogP) is 6.25. The van der Waals surface area contributed by atoms with Crippen LogP contribution in [0.2, 0.25) is 0 Å². The van der Waals surface area contributed by atoms with Gasteiger partial charge in [-0.15, -0.1) is 0 Å². The van der Waals surface area contributed by atoms with Gasteiger partial charge in [0.2, 0.25) is 0 Å². The number of benzene rings is 3. The van der Waals surface area contributed by atoms with E-state index < -0.39 is 0 Å². The van der Waals surface area contributed by atoms with Gasteiger partial charge in [0.1, 0.15) is 55.0 Å². The number of ether oxygens (including phenoxy) is 4. The minimum atomic E-state index is -0.342. The number of hydrogen-bond donors (Lipinski definition) is 1. The van der Waals surface area contributed by atoms with Gasteiger partial charge in [0.15, 0.2) is 0 Å². The first kappa shape index (κ1) is 23.0. The van der Waals surface area contributed by atoms with Crippen molar-refractivity contribution < 1.29 is 29.1 Å². The van der Waals surface area contributed by atoms with Crippen molar-refractivity contribution in [3.8, 4) is 23.0 Å². The zero-order valence-corrected chi connectivity index (χ0v) is 19.8. The van der Waals surface area contributed by atoms with Crippen LogP contribution in [0.1, 0.15) is 36.1 Å². The molecule has 2 heterocycles. The van der Waals surface area contributed by atoms with Gasteiger partial charge >= 0.3 is 0 Å². The van der Waals surface area contributed by atoms with Gasteiger partial charge in [-0.1, -0.05) is 30.3 Å². The third-order valence-electron chi connectivity index (χ3n) is 5.89. The number of fused-ring (bicyclic) bond motifs is 3. The smallest absolute Gasteiger partial charge is 0.137 e. The summed E-state index contributed by atoms with van der Waals surface area (Å²) in [6.07, 6.45) is 6.22. The predicted molar refractivity (Wildman–Crippen MR) is 135 cm³/mol. The molecule has 0 saturated heterocycles. The average molecular weight is 473 g/mol. The Morgan fingerprint density at radius 3 is 2.66 bits per heavy atom. The minimum Gasteiger partial charge on any atom is -0.490 e. The highest BCUT2D eigenvalue weighted by Crippen LogP contribution is 2.43. The summed E-state index contributed by atoms with van der Waals surface area (Å²) in [6.45, 7) is 5.15. The summed E-state index contributed by atoms with van der Waals surface area (Å²) in [5.74, 6) is 2.96. The van der Waals surface area contributed by atoms with Crippen LogP contribution in [0.15, 0.2) is 66.7 Å². The third kappa shape index (κ3) is 5.19. The molecular weight excluding hydrogens is 444 g/mol. The Kier molecular flexibility index (Phi) is 6.49. The monoisotopic (exact) mass is 472 g/mol. The molecule has 0 fully saturated rings. The van der Waals surface area contributed by atoms with Crippen LogP contribution in [-0.4, -0.2) is 30.7 Å². The molecule has 1 N–H and O–H groups in total. The Bertz CT molecular complexity index is 1260. The summed E-state index contributed by atoms with van der Waals surface area (Å²) in [6, 6.07) is 19.7. The topological polar surface area (TPSA) is 66.4 Å². The second kappa shape index (κ2) is 9.86. The average Bonchev–Trinajstić information content (AvgIpc) is 2.87. The SMILES string of the molecule is CC1(C)C=Cc2c(ccc3c2OCC(c2ccc(OCc4ccccc4)cc2OCCOO)=C3)O1. The summed E-state index contributed by atoms with van der Waals surface area (Å²) in [5, 5.41) is 8.71. The molecule has 3 aromatic rings. The molecular formula is C29H28O6. The maximum Gasteiger partial charge on any atom is 0.137 e. The van der Waals surface area contributed by atoms with E-state index in [0.29, 0.717) is 24.7 Å². The highest BCUT2D eigenvalue weighted by Gasteiger charge is 2.27. The molecule has 0 aliphatic carbocycles. The van der Waals surface area contributed by atoms with E-state index in [0.717, 1.165) is 39.3 Å². The van der Waals surface area contributed by atoms with E-state index in [9.17, 15) is 0 Å². The normalized spacial score (nSPS) is 15.2. The molecule has 0 atom stereocenters. The van der Waals surface area contributed by atoms with Crippen molar-refractivity contribution in [2.75, 3.05) is 19.8 Å². The van der Waals surface area contributed by atoms with Gasteiger partial charge in [0.25, 0.3) is 0 Å². The van der Waals surface area contributed by atoms with E-state index in [1.54, 1.807) is 0 Å². The van der Waals surface area contributed by atoms with Crippen LogP contribution in [-0.2, 0) is 11.5 Å². The lowest BCUT2D eigenvalue weighted by molar-refractivity contribution is -0.245. The Morgan fingerprint density at radius 1 is 0.971 bits per heavy atom. The van der Waals surface area contributed by atoms with E-state index >= 15 is 0 Å². The minimum absolute atomic E-state index is 0.0573. The van der Waals surface area contributed by atoms with E-state index in [-0.39, 0.29) is 18.8 Å². The molecule has 6 nitrogen and oxygen atoms in total. The van der Waals surface area contributed by atoms with Crippen LogP contribution >= 0.6 is 0 Å². The highest BCUT2D eigenvalue weighted by atomic mass is 17.1. The van der Waals surface area contributed by atoms with Gasteiger partial charge in [0, 0.05) is 22.8 Å². The molecule has 0 saturated carbocycles. The van der Waals surface area contributed by atoms with Crippen molar-refractivity contribution in [2.45, 2.75) is 26.1 Å². The van der Waals surface area contributed by atoms with Gasteiger partial charge in [-0.05, 0) is 61.9 Å². The highest BCUT2D eigenvalue weighted by molar-refractivity contribution is 5.90. The Hall–Kier alpha value is -3.74. The zero-order valence-electron chi connectivity index (χ0n) is 19.8. The largest absolute Gasteiger partial charge is 0.490 e. The molecule has 2 aliphatic rings. The summed E-state index contributed by atoms with van der Waals surface area (Å²) >= 11 is 0. The lowest BCUT2D eigenvalue weighted by Crippen LogP contribution is -2.27. The van der Waals surface area contributed by atoms with Crippen LogP contribution in [0, 0.1) is 0 Å². The second-order valence-electron chi connectivity index (χ2n) is 9.01. The van der Waals surface area contributed by atoms with Crippen LogP contribution in [0.5, 0.6) is 23.0 Å². The Labute approximate surface area is 204 Å². The molecule has 3 aromatic carbocycles.